The van der Waals surface area contributed by atoms with Gasteiger partial charge >= 0.3 is 0 Å². The molecule has 0 bridgehead atoms. The highest BCUT2D eigenvalue weighted by Crippen LogP contribution is 2.33. The van der Waals surface area contributed by atoms with Gasteiger partial charge in [0.2, 0.25) is 0 Å². The van der Waals surface area contributed by atoms with Crippen molar-refractivity contribution in [3.8, 4) is 5.75 Å². The van der Waals surface area contributed by atoms with Crippen LogP contribution >= 0.6 is 0 Å². The summed E-state index contributed by atoms with van der Waals surface area (Å²) in [7, 11) is 1.87. The highest BCUT2D eigenvalue weighted by atomic mass is 19.1. The maximum atomic E-state index is 13.6. The van der Waals surface area contributed by atoms with Gasteiger partial charge < -0.3 is 10.1 Å². The van der Waals surface area contributed by atoms with Crippen LogP contribution < -0.4 is 10.1 Å². The fraction of sp³-hybridized carbons (Fsp3) is 0.600. The van der Waals surface area contributed by atoms with Crippen LogP contribution in [-0.2, 0) is 0 Å². The number of ether oxygens (including phenoxy) is 1. The number of hydrogen-bond donors (Lipinski definition) is 1. The van der Waals surface area contributed by atoms with Crippen molar-refractivity contribution >= 4 is 0 Å². The van der Waals surface area contributed by atoms with Gasteiger partial charge in [-0.25, -0.2) is 4.39 Å². The average molecular weight is 251 g/mol. The van der Waals surface area contributed by atoms with Crippen molar-refractivity contribution in [2.75, 3.05) is 13.7 Å². The van der Waals surface area contributed by atoms with Crippen LogP contribution in [0.25, 0.3) is 0 Å². The minimum absolute atomic E-state index is 0.0935. The van der Waals surface area contributed by atoms with E-state index >= 15 is 0 Å². The van der Waals surface area contributed by atoms with Gasteiger partial charge in [0.1, 0.15) is 11.6 Å². The maximum absolute atomic E-state index is 13.6. The third-order valence-corrected chi connectivity index (χ3v) is 3.67. The lowest BCUT2D eigenvalue weighted by atomic mass is 10.0. The molecule has 1 atom stereocenters. The molecule has 0 amide bonds. The van der Waals surface area contributed by atoms with E-state index in [-0.39, 0.29) is 11.9 Å². The number of benzene rings is 1. The van der Waals surface area contributed by atoms with E-state index in [1.807, 2.05) is 20.0 Å². The summed E-state index contributed by atoms with van der Waals surface area (Å²) in [6.07, 6.45) is 3.79. The van der Waals surface area contributed by atoms with E-state index in [4.69, 9.17) is 4.74 Å². The van der Waals surface area contributed by atoms with Crippen LogP contribution in [0.5, 0.6) is 5.75 Å². The van der Waals surface area contributed by atoms with Crippen LogP contribution in [-0.4, -0.2) is 13.7 Å². The van der Waals surface area contributed by atoms with Crippen molar-refractivity contribution in [3.63, 3.8) is 0 Å². The summed E-state index contributed by atoms with van der Waals surface area (Å²) in [4.78, 5) is 0. The second kappa shape index (κ2) is 5.70. The Labute approximate surface area is 109 Å². The minimum atomic E-state index is -0.165. The third kappa shape index (κ3) is 3.22. The summed E-state index contributed by atoms with van der Waals surface area (Å²) >= 11 is 0. The van der Waals surface area contributed by atoms with E-state index in [0.29, 0.717) is 5.56 Å². The highest BCUT2D eigenvalue weighted by Gasteiger charge is 2.21. The van der Waals surface area contributed by atoms with Gasteiger partial charge in [-0.3, -0.25) is 0 Å². The van der Waals surface area contributed by atoms with Crippen molar-refractivity contribution in [1.29, 1.82) is 0 Å². The second-order valence-corrected chi connectivity index (χ2v) is 5.23. The summed E-state index contributed by atoms with van der Waals surface area (Å²) in [5.41, 5.74) is 1.54. The zero-order valence-corrected chi connectivity index (χ0v) is 11.4. The number of rotatable bonds is 6. The molecule has 1 aromatic rings. The Bertz CT molecular complexity index is 415. The van der Waals surface area contributed by atoms with Crippen LogP contribution in [0.2, 0.25) is 0 Å². The number of aryl methyl sites for hydroxylation is 1. The molecule has 0 spiro atoms. The lowest BCUT2D eigenvalue weighted by Gasteiger charge is -2.17. The first-order valence-electron chi connectivity index (χ1n) is 6.72. The van der Waals surface area contributed by atoms with Crippen molar-refractivity contribution in [3.05, 3.63) is 29.1 Å². The molecule has 1 unspecified atom stereocenters. The van der Waals surface area contributed by atoms with Crippen LogP contribution in [0.15, 0.2) is 12.1 Å². The van der Waals surface area contributed by atoms with Gasteiger partial charge in [0.15, 0.2) is 0 Å². The maximum Gasteiger partial charge on any atom is 0.126 e. The minimum Gasteiger partial charge on any atom is -0.493 e. The van der Waals surface area contributed by atoms with Crippen LogP contribution in [0.1, 0.15) is 43.4 Å². The first-order chi connectivity index (χ1) is 8.61. The smallest absolute Gasteiger partial charge is 0.126 e. The number of nitrogens with one attached hydrogen (secondary N) is 1. The molecule has 1 aliphatic carbocycles. The fourth-order valence-electron chi connectivity index (χ4n) is 2.03. The Balaban J connectivity index is 2.10. The molecule has 2 rings (SSSR count). The number of hydrogen-bond acceptors (Lipinski definition) is 2. The zero-order valence-electron chi connectivity index (χ0n) is 11.4. The molecular weight excluding hydrogens is 229 g/mol. The summed E-state index contributed by atoms with van der Waals surface area (Å²) in [5, 5.41) is 3.13. The molecule has 0 radical (unpaired) electrons. The van der Waals surface area contributed by atoms with Crippen LogP contribution in [0, 0.1) is 18.7 Å². The van der Waals surface area contributed by atoms with Crippen LogP contribution in [0.3, 0.4) is 0 Å². The normalized spacial score (nSPS) is 16.7. The van der Waals surface area contributed by atoms with E-state index in [1.54, 1.807) is 13.0 Å². The molecule has 1 aliphatic rings. The third-order valence-electron chi connectivity index (χ3n) is 3.67. The predicted octanol–water partition coefficient (Wildman–Crippen LogP) is 3.59. The lowest BCUT2D eigenvalue weighted by Crippen LogP contribution is -2.15. The van der Waals surface area contributed by atoms with Gasteiger partial charge in [-0.2, -0.15) is 0 Å². The molecule has 1 aromatic carbocycles. The first-order valence-corrected chi connectivity index (χ1v) is 6.72. The van der Waals surface area contributed by atoms with Gasteiger partial charge in [-0.05, 0) is 50.9 Å². The van der Waals surface area contributed by atoms with Crippen molar-refractivity contribution in [1.82, 2.24) is 5.32 Å². The molecule has 1 saturated carbocycles. The molecule has 2 nitrogen and oxygen atoms in total. The second-order valence-electron chi connectivity index (χ2n) is 5.23. The Morgan fingerprint density at radius 2 is 2.17 bits per heavy atom. The van der Waals surface area contributed by atoms with E-state index in [1.165, 1.54) is 12.8 Å². The topological polar surface area (TPSA) is 21.3 Å². The molecule has 0 heterocycles. The Hall–Kier alpha value is -1.09. The number of halogens is 1. The Morgan fingerprint density at radius 3 is 2.78 bits per heavy atom. The van der Waals surface area contributed by atoms with Gasteiger partial charge in [0.05, 0.1) is 6.61 Å². The fourth-order valence-corrected chi connectivity index (χ4v) is 2.03. The average Bonchev–Trinajstić information content (AvgIpc) is 3.16. The summed E-state index contributed by atoms with van der Waals surface area (Å²) in [6.45, 7) is 4.52. The van der Waals surface area contributed by atoms with Crippen molar-refractivity contribution < 1.29 is 9.13 Å². The highest BCUT2D eigenvalue weighted by molar-refractivity contribution is 5.40. The largest absolute Gasteiger partial charge is 0.493 e. The molecule has 0 saturated heterocycles. The van der Waals surface area contributed by atoms with E-state index in [9.17, 15) is 4.39 Å². The van der Waals surface area contributed by atoms with Gasteiger partial charge in [0, 0.05) is 11.6 Å². The molecule has 18 heavy (non-hydrogen) atoms. The SMILES string of the molecule is CNC(C)c1cc(F)c(C)cc1OCCC1CC1. The quantitative estimate of drug-likeness (QED) is 0.834. The van der Waals surface area contributed by atoms with Crippen molar-refractivity contribution in [2.45, 2.75) is 39.2 Å². The standard InChI is InChI=1S/C15H22FNO/c1-10-8-15(18-7-6-12-4-5-12)13(9-14(10)16)11(2)17-3/h8-9,11-12,17H,4-7H2,1-3H3. The Morgan fingerprint density at radius 1 is 1.44 bits per heavy atom. The molecule has 1 fully saturated rings. The molecule has 0 aliphatic heterocycles. The van der Waals surface area contributed by atoms with E-state index in [2.05, 4.69) is 5.32 Å². The molecule has 0 aromatic heterocycles. The summed E-state index contributed by atoms with van der Waals surface area (Å²) < 4.78 is 19.5. The monoisotopic (exact) mass is 251 g/mol. The Kier molecular flexibility index (Phi) is 4.23. The zero-order chi connectivity index (χ0) is 13.1. The van der Waals surface area contributed by atoms with E-state index in [0.717, 1.165) is 30.3 Å². The van der Waals surface area contributed by atoms with Crippen molar-refractivity contribution in [2.24, 2.45) is 5.92 Å². The predicted molar refractivity (Wildman–Crippen MR) is 71.4 cm³/mol. The molecule has 100 valence electrons. The summed E-state index contributed by atoms with van der Waals surface area (Å²) in [6, 6.07) is 3.49. The van der Waals surface area contributed by atoms with Gasteiger partial charge in [-0.1, -0.05) is 12.8 Å². The van der Waals surface area contributed by atoms with Crippen LogP contribution in [0.4, 0.5) is 4.39 Å². The molecular formula is C15H22FNO. The van der Waals surface area contributed by atoms with Gasteiger partial charge in [-0.15, -0.1) is 0 Å². The molecule has 1 N–H and O–H groups in total. The molecule has 3 heteroatoms. The lowest BCUT2D eigenvalue weighted by molar-refractivity contribution is 0.296. The summed E-state index contributed by atoms with van der Waals surface area (Å²) in [5.74, 6) is 1.51. The first kappa shape index (κ1) is 13.3. The van der Waals surface area contributed by atoms with Gasteiger partial charge in [0.25, 0.3) is 0 Å². The van der Waals surface area contributed by atoms with E-state index < -0.39 is 0 Å².